The fourth-order valence-electron chi connectivity index (χ4n) is 2.79. The van der Waals surface area contributed by atoms with Crippen LogP contribution in [0.4, 0.5) is 11.4 Å². The summed E-state index contributed by atoms with van der Waals surface area (Å²) in [6.07, 6.45) is 0. The fraction of sp³-hybridized carbons (Fsp3) is 0.136. The van der Waals surface area contributed by atoms with Crippen molar-refractivity contribution in [1.29, 1.82) is 0 Å². The zero-order valence-electron chi connectivity index (χ0n) is 15.3. The van der Waals surface area contributed by atoms with E-state index in [4.69, 9.17) is 17.0 Å². The highest BCUT2D eigenvalue weighted by Gasteiger charge is 2.16. The maximum Gasteiger partial charge on any atom is 0.178 e. The molecule has 138 valence electrons. The Kier molecular flexibility index (Phi) is 5.94. The number of nitrogens with zero attached hydrogens (tertiary/aromatic N) is 1. The number of phenols is 1. The van der Waals surface area contributed by atoms with E-state index < -0.39 is 0 Å². The molecule has 0 aliphatic rings. The van der Waals surface area contributed by atoms with Crippen LogP contribution in [-0.4, -0.2) is 17.3 Å². The summed E-state index contributed by atoms with van der Waals surface area (Å²) in [5.74, 6) is 0.983. The number of nitrogens with one attached hydrogen (secondary N) is 1. The molecule has 3 aromatic carbocycles. The molecular formula is C22H22N2O2S. The number of aryl methyl sites for hydroxylation is 1. The van der Waals surface area contributed by atoms with Crippen LogP contribution >= 0.6 is 12.2 Å². The van der Waals surface area contributed by atoms with Crippen LogP contribution in [0.3, 0.4) is 0 Å². The van der Waals surface area contributed by atoms with Crippen LogP contribution in [0.1, 0.15) is 11.1 Å². The summed E-state index contributed by atoms with van der Waals surface area (Å²) in [5.41, 5.74) is 3.73. The lowest BCUT2D eigenvalue weighted by atomic mass is 10.1. The third-order valence-corrected chi connectivity index (χ3v) is 4.52. The third kappa shape index (κ3) is 4.77. The number of methoxy groups -OCH3 is 1. The van der Waals surface area contributed by atoms with Gasteiger partial charge in [0.05, 0.1) is 13.7 Å². The molecule has 0 aromatic heterocycles. The topological polar surface area (TPSA) is 44.7 Å². The van der Waals surface area contributed by atoms with Crippen molar-refractivity contribution in [1.82, 2.24) is 0 Å². The lowest BCUT2D eigenvalue weighted by molar-refractivity contribution is 0.415. The number of rotatable bonds is 5. The second-order valence-corrected chi connectivity index (χ2v) is 6.60. The van der Waals surface area contributed by atoms with Crippen molar-refractivity contribution in [3.8, 4) is 11.5 Å². The van der Waals surface area contributed by atoms with E-state index in [1.807, 2.05) is 72.5 Å². The van der Waals surface area contributed by atoms with Crippen LogP contribution in [0.25, 0.3) is 0 Å². The second-order valence-electron chi connectivity index (χ2n) is 6.22. The van der Waals surface area contributed by atoms with Crippen LogP contribution in [0.5, 0.6) is 11.5 Å². The van der Waals surface area contributed by atoms with Crippen LogP contribution in [0.2, 0.25) is 0 Å². The van der Waals surface area contributed by atoms with E-state index in [-0.39, 0.29) is 5.75 Å². The monoisotopic (exact) mass is 378 g/mol. The molecular weight excluding hydrogens is 356 g/mol. The molecule has 0 aliphatic heterocycles. The number of thiocarbonyl (C=S) groups is 1. The van der Waals surface area contributed by atoms with Gasteiger partial charge in [-0.2, -0.15) is 0 Å². The highest BCUT2D eigenvalue weighted by Crippen LogP contribution is 2.26. The molecule has 2 N–H and O–H groups in total. The minimum absolute atomic E-state index is 0.240. The maximum atomic E-state index is 10.2. The standard InChI is InChI=1S/C22H22N2O2S/c1-16-7-5-9-18(13-16)23-22(27)24(15-17-8-3-4-12-21(17)25)19-10-6-11-20(14-19)26-2/h3-14,25H,15H2,1-2H3,(H,23,27). The first-order valence-electron chi connectivity index (χ1n) is 8.63. The smallest absolute Gasteiger partial charge is 0.178 e. The Balaban J connectivity index is 1.93. The summed E-state index contributed by atoms with van der Waals surface area (Å²) < 4.78 is 5.35. The van der Waals surface area contributed by atoms with Gasteiger partial charge in [0, 0.05) is 23.0 Å². The van der Waals surface area contributed by atoms with E-state index in [1.54, 1.807) is 19.2 Å². The average Bonchev–Trinajstić information content (AvgIpc) is 2.67. The molecule has 0 saturated carbocycles. The van der Waals surface area contributed by atoms with Gasteiger partial charge in [0.25, 0.3) is 0 Å². The van der Waals surface area contributed by atoms with Crippen molar-refractivity contribution in [3.05, 3.63) is 83.9 Å². The first-order valence-corrected chi connectivity index (χ1v) is 9.04. The van der Waals surface area contributed by atoms with Gasteiger partial charge in [-0.1, -0.05) is 36.4 Å². The van der Waals surface area contributed by atoms with Crippen molar-refractivity contribution < 1.29 is 9.84 Å². The number of phenolic OH excluding ortho intramolecular Hbond substituents is 1. The molecule has 0 fully saturated rings. The van der Waals surface area contributed by atoms with E-state index in [9.17, 15) is 5.11 Å². The van der Waals surface area contributed by atoms with E-state index in [0.29, 0.717) is 11.7 Å². The predicted octanol–water partition coefficient (Wildman–Crippen LogP) is 5.11. The Hall–Kier alpha value is -3.05. The van der Waals surface area contributed by atoms with Crippen molar-refractivity contribution >= 4 is 28.7 Å². The summed E-state index contributed by atoms with van der Waals surface area (Å²) in [6.45, 7) is 2.47. The van der Waals surface area contributed by atoms with Crippen LogP contribution < -0.4 is 15.0 Å². The Morgan fingerprint density at radius 1 is 1.04 bits per heavy atom. The molecule has 4 nitrogen and oxygen atoms in total. The number of benzene rings is 3. The van der Waals surface area contributed by atoms with E-state index >= 15 is 0 Å². The molecule has 0 atom stereocenters. The lowest BCUT2D eigenvalue weighted by Gasteiger charge is -2.27. The molecule has 0 bridgehead atoms. The Bertz CT molecular complexity index is 943. The molecule has 0 heterocycles. The highest BCUT2D eigenvalue weighted by molar-refractivity contribution is 7.80. The summed E-state index contributed by atoms with van der Waals surface area (Å²) in [6, 6.07) is 23.0. The lowest BCUT2D eigenvalue weighted by Crippen LogP contribution is -2.34. The van der Waals surface area contributed by atoms with Gasteiger partial charge in [-0.05, 0) is 55.0 Å². The molecule has 27 heavy (non-hydrogen) atoms. The Labute approximate surface area is 165 Å². The largest absolute Gasteiger partial charge is 0.508 e. The van der Waals surface area contributed by atoms with Gasteiger partial charge in [-0.15, -0.1) is 0 Å². The number of anilines is 2. The molecule has 5 heteroatoms. The quantitative estimate of drug-likeness (QED) is 0.604. The molecule has 0 unspecified atom stereocenters. The number of hydrogen-bond donors (Lipinski definition) is 2. The van der Waals surface area contributed by atoms with Crippen molar-refractivity contribution in [2.45, 2.75) is 13.5 Å². The van der Waals surface area contributed by atoms with Gasteiger partial charge in [-0.3, -0.25) is 0 Å². The first-order chi connectivity index (χ1) is 13.1. The predicted molar refractivity (Wildman–Crippen MR) is 115 cm³/mol. The van der Waals surface area contributed by atoms with Gasteiger partial charge in [0.2, 0.25) is 0 Å². The van der Waals surface area contributed by atoms with Crippen LogP contribution in [0, 0.1) is 6.92 Å². The number of hydrogen-bond acceptors (Lipinski definition) is 3. The molecule has 3 rings (SSSR count). The van der Waals surface area contributed by atoms with E-state index in [1.165, 1.54) is 0 Å². The number of para-hydroxylation sites is 1. The zero-order chi connectivity index (χ0) is 19.2. The maximum absolute atomic E-state index is 10.2. The zero-order valence-corrected chi connectivity index (χ0v) is 16.2. The average molecular weight is 378 g/mol. The minimum atomic E-state index is 0.240. The van der Waals surface area contributed by atoms with Crippen LogP contribution in [-0.2, 0) is 6.54 Å². The van der Waals surface area contributed by atoms with E-state index in [2.05, 4.69) is 5.32 Å². The summed E-state index contributed by atoms with van der Waals surface area (Å²) in [5, 5.41) is 14.0. The van der Waals surface area contributed by atoms with Gasteiger partial charge in [-0.25, -0.2) is 0 Å². The Morgan fingerprint density at radius 3 is 2.56 bits per heavy atom. The van der Waals surface area contributed by atoms with Gasteiger partial charge in [0.1, 0.15) is 11.5 Å². The van der Waals surface area contributed by atoms with Crippen molar-refractivity contribution in [2.24, 2.45) is 0 Å². The van der Waals surface area contributed by atoms with Crippen molar-refractivity contribution in [2.75, 3.05) is 17.3 Å². The van der Waals surface area contributed by atoms with E-state index in [0.717, 1.165) is 28.3 Å². The van der Waals surface area contributed by atoms with Gasteiger partial charge < -0.3 is 20.1 Å². The molecule has 3 aromatic rings. The molecule has 0 amide bonds. The highest BCUT2D eigenvalue weighted by atomic mass is 32.1. The van der Waals surface area contributed by atoms with Crippen LogP contribution in [0.15, 0.2) is 72.8 Å². The summed E-state index contributed by atoms with van der Waals surface area (Å²) in [4.78, 5) is 1.94. The fourth-order valence-corrected chi connectivity index (χ4v) is 3.08. The second kappa shape index (κ2) is 8.56. The number of aromatic hydroxyl groups is 1. The Morgan fingerprint density at radius 2 is 1.81 bits per heavy atom. The van der Waals surface area contributed by atoms with Gasteiger partial charge in [0.15, 0.2) is 5.11 Å². The summed E-state index contributed by atoms with van der Waals surface area (Å²) >= 11 is 5.70. The molecule has 0 spiro atoms. The minimum Gasteiger partial charge on any atom is -0.508 e. The molecule has 0 radical (unpaired) electrons. The molecule has 0 aliphatic carbocycles. The first kappa shape index (κ1) is 18.7. The molecule has 0 saturated heterocycles. The number of ether oxygens (including phenoxy) is 1. The SMILES string of the molecule is COc1cccc(N(Cc2ccccc2O)C(=S)Nc2cccc(C)c2)c1. The van der Waals surface area contributed by atoms with Crippen molar-refractivity contribution in [3.63, 3.8) is 0 Å². The summed E-state index contributed by atoms with van der Waals surface area (Å²) in [7, 11) is 1.63. The third-order valence-electron chi connectivity index (χ3n) is 4.20. The van der Waals surface area contributed by atoms with Gasteiger partial charge >= 0.3 is 0 Å². The normalized spacial score (nSPS) is 10.3.